The van der Waals surface area contributed by atoms with Crippen LogP contribution in [-0.2, 0) is 16.4 Å². The van der Waals surface area contributed by atoms with Crippen LogP contribution in [0, 0.1) is 0 Å². The summed E-state index contributed by atoms with van der Waals surface area (Å²) in [6, 6.07) is 21.8. The summed E-state index contributed by atoms with van der Waals surface area (Å²) in [5.74, 6) is 1.48. The highest BCUT2D eigenvalue weighted by molar-refractivity contribution is 7.89. The van der Waals surface area contributed by atoms with E-state index in [1.165, 1.54) is 12.1 Å². The van der Waals surface area contributed by atoms with Crippen molar-refractivity contribution >= 4 is 33.0 Å². The molecule has 27 heavy (non-hydrogen) atoms. The van der Waals surface area contributed by atoms with Crippen molar-refractivity contribution in [1.29, 1.82) is 0 Å². The van der Waals surface area contributed by atoms with E-state index in [-0.39, 0.29) is 4.90 Å². The van der Waals surface area contributed by atoms with Crippen LogP contribution in [0.5, 0.6) is 5.75 Å². The molecule has 3 aromatic carbocycles. The molecule has 3 aromatic rings. The third kappa shape index (κ3) is 3.62. The van der Waals surface area contributed by atoms with Gasteiger partial charge in [-0.25, -0.2) is 13.6 Å². The summed E-state index contributed by atoms with van der Waals surface area (Å²) in [5.41, 5.74) is 3.88. The summed E-state index contributed by atoms with van der Waals surface area (Å²) in [6.45, 7) is 0. The highest BCUT2D eigenvalue weighted by Gasteiger charge is 2.22. The number of allylic oxidation sites excluding steroid dienone is 1. The molecule has 2 N–H and O–H groups in total. The minimum Gasteiger partial charge on any atom is -0.456 e. The van der Waals surface area contributed by atoms with Crippen LogP contribution in [0.4, 0.5) is 0 Å². The molecule has 0 bridgehead atoms. The van der Waals surface area contributed by atoms with Gasteiger partial charge in [0, 0.05) is 22.6 Å². The third-order valence-corrected chi connectivity index (χ3v) is 5.64. The van der Waals surface area contributed by atoms with Crippen LogP contribution in [0.3, 0.4) is 0 Å². The average molecular weight is 398 g/mol. The maximum absolute atomic E-state index is 11.5. The molecule has 0 atom stereocenters. The van der Waals surface area contributed by atoms with Crippen molar-refractivity contribution in [3.8, 4) is 5.75 Å². The molecule has 6 heteroatoms. The second kappa shape index (κ2) is 6.85. The summed E-state index contributed by atoms with van der Waals surface area (Å²) < 4.78 is 29.3. The molecule has 1 heterocycles. The Morgan fingerprint density at radius 3 is 2.15 bits per heavy atom. The van der Waals surface area contributed by atoms with Crippen LogP contribution in [0.2, 0.25) is 5.02 Å². The molecular formula is C21H16ClNO3S. The first-order valence-electron chi connectivity index (χ1n) is 8.30. The van der Waals surface area contributed by atoms with E-state index in [0.717, 1.165) is 28.0 Å². The van der Waals surface area contributed by atoms with Crippen LogP contribution >= 0.6 is 11.6 Å². The number of ether oxygens (including phenoxy) is 1. The Kier molecular flexibility index (Phi) is 4.52. The van der Waals surface area contributed by atoms with Crippen molar-refractivity contribution in [2.75, 3.05) is 0 Å². The van der Waals surface area contributed by atoms with Crippen LogP contribution in [0.25, 0.3) is 11.3 Å². The molecule has 0 unspecified atom stereocenters. The molecule has 0 fully saturated rings. The Morgan fingerprint density at radius 2 is 1.48 bits per heavy atom. The quantitative estimate of drug-likeness (QED) is 0.707. The van der Waals surface area contributed by atoms with E-state index in [1.54, 1.807) is 12.1 Å². The lowest BCUT2D eigenvalue weighted by atomic mass is 9.92. The molecule has 0 amide bonds. The molecule has 1 aliphatic rings. The van der Waals surface area contributed by atoms with E-state index >= 15 is 0 Å². The van der Waals surface area contributed by atoms with Crippen molar-refractivity contribution in [3.05, 3.63) is 94.5 Å². The van der Waals surface area contributed by atoms with E-state index in [4.69, 9.17) is 21.5 Å². The Morgan fingerprint density at radius 1 is 0.852 bits per heavy atom. The summed E-state index contributed by atoms with van der Waals surface area (Å²) in [7, 11) is -3.74. The first-order valence-corrected chi connectivity index (χ1v) is 10.2. The number of para-hydroxylation sites is 1. The molecule has 4 nitrogen and oxygen atoms in total. The van der Waals surface area contributed by atoms with Crippen molar-refractivity contribution in [2.45, 2.75) is 11.3 Å². The standard InChI is InChI=1S/C21H16ClNO3S/c22-17-9-5-14(6-10-17)19-13-16-3-1-2-4-20(16)26-21(19)15-7-11-18(12-8-15)27(23,24)25/h1-12H,13H2,(H2,23,24,25). The second-order valence-electron chi connectivity index (χ2n) is 6.27. The van der Waals surface area contributed by atoms with Gasteiger partial charge in [-0.15, -0.1) is 0 Å². The normalized spacial score (nSPS) is 13.9. The Bertz CT molecular complexity index is 1130. The highest BCUT2D eigenvalue weighted by atomic mass is 35.5. The minimum absolute atomic E-state index is 0.0658. The van der Waals surface area contributed by atoms with Gasteiger partial charge in [-0.1, -0.05) is 41.9 Å². The second-order valence-corrected chi connectivity index (χ2v) is 8.27. The summed E-state index contributed by atoms with van der Waals surface area (Å²) >= 11 is 6.03. The van der Waals surface area contributed by atoms with Gasteiger partial charge in [-0.2, -0.15) is 0 Å². The number of hydrogen-bond acceptors (Lipinski definition) is 3. The van der Waals surface area contributed by atoms with Crippen LogP contribution in [0.1, 0.15) is 16.7 Å². The summed E-state index contributed by atoms with van der Waals surface area (Å²) in [6.07, 6.45) is 0.698. The first kappa shape index (κ1) is 17.8. The fraction of sp³-hybridized carbons (Fsp3) is 0.0476. The number of benzene rings is 3. The van der Waals surface area contributed by atoms with Crippen LogP contribution in [-0.4, -0.2) is 8.42 Å². The number of halogens is 1. The lowest BCUT2D eigenvalue weighted by Crippen LogP contribution is -2.12. The number of fused-ring (bicyclic) bond motifs is 1. The number of nitrogens with two attached hydrogens (primary N) is 1. The van der Waals surface area contributed by atoms with Crippen LogP contribution in [0.15, 0.2) is 77.7 Å². The summed E-state index contributed by atoms with van der Waals surface area (Å²) in [5, 5.41) is 5.86. The molecule has 0 aliphatic carbocycles. The summed E-state index contributed by atoms with van der Waals surface area (Å²) in [4.78, 5) is 0.0658. The van der Waals surface area contributed by atoms with E-state index in [0.29, 0.717) is 17.2 Å². The van der Waals surface area contributed by atoms with Gasteiger partial charge in [0.15, 0.2) is 0 Å². The van der Waals surface area contributed by atoms with E-state index in [1.807, 2.05) is 48.5 Å². The lowest BCUT2D eigenvalue weighted by Gasteiger charge is -2.24. The van der Waals surface area contributed by atoms with Gasteiger partial charge in [-0.3, -0.25) is 0 Å². The zero-order valence-electron chi connectivity index (χ0n) is 14.2. The van der Waals surface area contributed by atoms with Crippen molar-refractivity contribution in [1.82, 2.24) is 0 Å². The Hall–Kier alpha value is -2.60. The average Bonchev–Trinajstić information content (AvgIpc) is 2.67. The largest absolute Gasteiger partial charge is 0.456 e. The molecular weight excluding hydrogens is 382 g/mol. The smallest absolute Gasteiger partial charge is 0.238 e. The van der Waals surface area contributed by atoms with E-state index in [9.17, 15) is 8.42 Å². The SMILES string of the molecule is NS(=O)(=O)c1ccc(C2=C(c3ccc(Cl)cc3)Cc3ccccc3O2)cc1. The number of hydrogen-bond donors (Lipinski definition) is 1. The van der Waals surface area contributed by atoms with Gasteiger partial charge in [0.1, 0.15) is 11.5 Å². The fourth-order valence-electron chi connectivity index (χ4n) is 3.11. The maximum atomic E-state index is 11.5. The van der Waals surface area contributed by atoms with Crippen molar-refractivity contribution in [2.24, 2.45) is 5.14 Å². The molecule has 0 aromatic heterocycles. The molecule has 0 radical (unpaired) electrons. The van der Waals surface area contributed by atoms with Gasteiger partial charge in [0.05, 0.1) is 4.90 Å². The molecule has 1 aliphatic heterocycles. The fourth-order valence-corrected chi connectivity index (χ4v) is 3.75. The Labute approximate surface area is 162 Å². The highest BCUT2D eigenvalue weighted by Crippen LogP contribution is 2.39. The van der Waals surface area contributed by atoms with Gasteiger partial charge < -0.3 is 4.74 Å². The molecule has 0 spiro atoms. The zero-order chi connectivity index (χ0) is 19.0. The van der Waals surface area contributed by atoms with Gasteiger partial charge >= 0.3 is 0 Å². The molecule has 0 saturated heterocycles. The number of rotatable bonds is 3. The molecule has 136 valence electrons. The van der Waals surface area contributed by atoms with Gasteiger partial charge in [-0.05, 0) is 53.6 Å². The minimum atomic E-state index is -3.74. The van der Waals surface area contributed by atoms with Crippen molar-refractivity contribution in [3.63, 3.8) is 0 Å². The topological polar surface area (TPSA) is 69.4 Å². The van der Waals surface area contributed by atoms with E-state index < -0.39 is 10.0 Å². The molecule has 4 rings (SSSR count). The monoisotopic (exact) mass is 397 g/mol. The van der Waals surface area contributed by atoms with Crippen molar-refractivity contribution < 1.29 is 13.2 Å². The van der Waals surface area contributed by atoms with Gasteiger partial charge in [0.2, 0.25) is 10.0 Å². The van der Waals surface area contributed by atoms with Gasteiger partial charge in [0.25, 0.3) is 0 Å². The third-order valence-electron chi connectivity index (χ3n) is 4.46. The predicted octanol–water partition coefficient (Wildman–Crippen LogP) is 4.49. The molecule has 0 saturated carbocycles. The number of sulfonamides is 1. The van der Waals surface area contributed by atoms with Crippen LogP contribution < -0.4 is 9.88 Å². The lowest BCUT2D eigenvalue weighted by molar-refractivity contribution is 0.502. The first-order chi connectivity index (χ1) is 12.9. The van der Waals surface area contributed by atoms with E-state index in [2.05, 4.69) is 0 Å². The Balaban J connectivity index is 1.85. The number of primary sulfonamides is 1. The maximum Gasteiger partial charge on any atom is 0.238 e. The zero-order valence-corrected chi connectivity index (χ0v) is 15.8. The predicted molar refractivity (Wildman–Crippen MR) is 107 cm³/mol.